The Labute approximate surface area is 112 Å². The SMILES string of the molecule is CN(C(=O)c1ccccc1)C(F)C(=O)OC(C)(C)C. The largest absolute Gasteiger partial charge is 0.456 e. The van der Waals surface area contributed by atoms with E-state index in [1.807, 2.05) is 0 Å². The highest BCUT2D eigenvalue weighted by Gasteiger charge is 2.31. The lowest BCUT2D eigenvalue weighted by Gasteiger charge is -2.25. The van der Waals surface area contributed by atoms with Crippen molar-refractivity contribution in [2.75, 3.05) is 7.05 Å². The molecule has 0 heterocycles. The molecule has 0 N–H and O–H groups in total. The van der Waals surface area contributed by atoms with Gasteiger partial charge in [0.15, 0.2) is 0 Å². The van der Waals surface area contributed by atoms with Crippen LogP contribution in [-0.2, 0) is 9.53 Å². The van der Waals surface area contributed by atoms with E-state index in [2.05, 4.69) is 0 Å². The fourth-order valence-corrected chi connectivity index (χ4v) is 1.40. The van der Waals surface area contributed by atoms with Gasteiger partial charge in [-0.1, -0.05) is 18.2 Å². The zero-order chi connectivity index (χ0) is 14.6. The van der Waals surface area contributed by atoms with E-state index in [9.17, 15) is 14.0 Å². The Kier molecular flexibility index (Phi) is 4.64. The van der Waals surface area contributed by atoms with E-state index in [0.717, 1.165) is 4.90 Å². The molecule has 1 aromatic rings. The molecule has 0 fully saturated rings. The molecule has 0 saturated heterocycles. The van der Waals surface area contributed by atoms with Crippen molar-refractivity contribution in [3.05, 3.63) is 35.9 Å². The molecule has 1 aromatic carbocycles. The summed E-state index contributed by atoms with van der Waals surface area (Å²) in [4.78, 5) is 24.2. The van der Waals surface area contributed by atoms with E-state index >= 15 is 0 Å². The molecular weight excluding hydrogens is 249 g/mol. The van der Waals surface area contributed by atoms with Crippen LogP contribution in [-0.4, -0.2) is 35.7 Å². The lowest BCUT2D eigenvalue weighted by molar-refractivity contribution is -0.166. The molecule has 1 rings (SSSR count). The molecule has 5 heteroatoms. The Hall–Kier alpha value is -1.91. The summed E-state index contributed by atoms with van der Waals surface area (Å²) < 4.78 is 18.8. The van der Waals surface area contributed by atoms with Gasteiger partial charge in [-0.3, -0.25) is 4.79 Å². The number of hydrogen-bond donors (Lipinski definition) is 0. The Morgan fingerprint density at radius 3 is 2.21 bits per heavy atom. The number of alkyl halides is 1. The lowest BCUT2D eigenvalue weighted by atomic mass is 10.2. The number of carbonyl (C=O) groups is 2. The second-order valence-electron chi connectivity index (χ2n) is 5.15. The summed E-state index contributed by atoms with van der Waals surface area (Å²) in [5.41, 5.74) is -0.478. The van der Waals surface area contributed by atoms with Crippen molar-refractivity contribution in [1.82, 2.24) is 4.90 Å². The number of nitrogens with zero attached hydrogens (tertiary/aromatic N) is 1. The van der Waals surface area contributed by atoms with Crippen LogP contribution in [0.2, 0.25) is 0 Å². The number of ether oxygens (including phenoxy) is 1. The summed E-state index contributed by atoms with van der Waals surface area (Å²) in [6.07, 6.45) is -2.12. The fourth-order valence-electron chi connectivity index (χ4n) is 1.40. The van der Waals surface area contributed by atoms with Gasteiger partial charge in [0.05, 0.1) is 0 Å². The smallest absolute Gasteiger partial charge is 0.362 e. The average molecular weight is 267 g/mol. The molecule has 0 saturated carbocycles. The molecule has 0 aromatic heterocycles. The molecule has 1 unspecified atom stereocenters. The standard InChI is InChI=1S/C14H18FNO3/c1-14(2,3)19-13(18)11(15)16(4)12(17)10-8-6-5-7-9-10/h5-9,11H,1-4H3. The van der Waals surface area contributed by atoms with Gasteiger partial charge in [-0.05, 0) is 32.9 Å². The highest BCUT2D eigenvalue weighted by atomic mass is 19.1. The molecule has 0 aliphatic rings. The monoisotopic (exact) mass is 267 g/mol. The molecule has 1 amide bonds. The van der Waals surface area contributed by atoms with Crippen LogP contribution in [0.15, 0.2) is 30.3 Å². The van der Waals surface area contributed by atoms with Gasteiger partial charge >= 0.3 is 5.97 Å². The lowest BCUT2D eigenvalue weighted by Crippen LogP contribution is -2.42. The number of hydrogen-bond acceptors (Lipinski definition) is 3. The topological polar surface area (TPSA) is 46.6 Å². The third kappa shape index (κ3) is 4.35. The van der Waals surface area contributed by atoms with Gasteiger partial charge in [0, 0.05) is 12.6 Å². The van der Waals surface area contributed by atoms with E-state index < -0.39 is 23.8 Å². The van der Waals surface area contributed by atoms with Crippen molar-refractivity contribution >= 4 is 11.9 Å². The minimum atomic E-state index is -2.12. The van der Waals surface area contributed by atoms with Gasteiger partial charge in [-0.2, -0.15) is 0 Å². The zero-order valence-electron chi connectivity index (χ0n) is 11.5. The number of esters is 1. The number of rotatable bonds is 3. The van der Waals surface area contributed by atoms with Crippen molar-refractivity contribution in [2.24, 2.45) is 0 Å². The predicted octanol–water partition coefficient (Wildman–Crippen LogP) is 2.40. The normalized spacial score (nSPS) is 12.7. The first-order valence-corrected chi connectivity index (χ1v) is 5.91. The van der Waals surface area contributed by atoms with Crippen LogP contribution >= 0.6 is 0 Å². The van der Waals surface area contributed by atoms with Crippen LogP contribution < -0.4 is 0 Å². The minimum absolute atomic E-state index is 0.316. The Bertz CT molecular complexity index is 454. The van der Waals surface area contributed by atoms with Crippen molar-refractivity contribution < 1.29 is 18.7 Å². The summed E-state index contributed by atoms with van der Waals surface area (Å²) in [5.74, 6) is -1.64. The van der Waals surface area contributed by atoms with Gasteiger partial charge in [-0.15, -0.1) is 0 Å². The Balaban J connectivity index is 2.75. The minimum Gasteiger partial charge on any atom is -0.456 e. The van der Waals surface area contributed by atoms with Crippen molar-refractivity contribution in [1.29, 1.82) is 0 Å². The first-order valence-electron chi connectivity index (χ1n) is 5.91. The molecule has 19 heavy (non-hydrogen) atoms. The van der Waals surface area contributed by atoms with Crippen molar-refractivity contribution in [3.8, 4) is 0 Å². The second-order valence-corrected chi connectivity index (χ2v) is 5.15. The molecule has 0 aliphatic carbocycles. The van der Waals surface area contributed by atoms with Crippen molar-refractivity contribution in [3.63, 3.8) is 0 Å². The van der Waals surface area contributed by atoms with Gasteiger partial charge < -0.3 is 9.64 Å². The highest BCUT2D eigenvalue weighted by Crippen LogP contribution is 2.13. The Morgan fingerprint density at radius 1 is 1.21 bits per heavy atom. The maximum atomic E-state index is 13.9. The molecule has 0 radical (unpaired) electrons. The molecule has 0 aliphatic heterocycles. The second kappa shape index (κ2) is 5.82. The molecule has 0 spiro atoms. The predicted molar refractivity (Wildman–Crippen MR) is 69.3 cm³/mol. The summed E-state index contributed by atoms with van der Waals surface area (Å²) in [6.45, 7) is 4.91. The zero-order valence-corrected chi connectivity index (χ0v) is 11.5. The molecule has 1 atom stereocenters. The van der Waals surface area contributed by atoms with Crippen LogP contribution in [0.1, 0.15) is 31.1 Å². The average Bonchev–Trinajstić information content (AvgIpc) is 2.35. The highest BCUT2D eigenvalue weighted by molar-refractivity contribution is 5.96. The van der Waals surface area contributed by atoms with Gasteiger partial charge in [0.25, 0.3) is 12.2 Å². The number of amides is 1. The molecule has 0 bridgehead atoms. The van der Waals surface area contributed by atoms with Gasteiger partial charge in [0.2, 0.25) is 0 Å². The molecule has 104 valence electrons. The summed E-state index contributed by atoms with van der Waals surface area (Å²) >= 11 is 0. The van der Waals surface area contributed by atoms with Crippen LogP contribution in [0.5, 0.6) is 0 Å². The maximum Gasteiger partial charge on any atom is 0.362 e. The van der Waals surface area contributed by atoms with E-state index in [1.165, 1.54) is 7.05 Å². The maximum absolute atomic E-state index is 13.9. The van der Waals surface area contributed by atoms with Gasteiger partial charge in [-0.25, -0.2) is 9.18 Å². The quantitative estimate of drug-likeness (QED) is 0.624. The first kappa shape index (κ1) is 15.1. The van der Waals surface area contributed by atoms with E-state index in [-0.39, 0.29) is 0 Å². The Morgan fingerprint density at radius 2 is 1.74 bits per heavy atom. The fraction of sp³-hybridized carbons (Fsp3) is 0.429. The van der Waals surface area contributed by atoms with Crippen LogP contribution in [0, 0.1) is 0 Å². The number of halogens is 1. The van der Waals surface area contributed by atoms with Crippen LogP contribution in [0.3, 0.4) is 0 Å². The summed E-state index contributed by atoms with van der Waals surface area (Å²) in [6, 6.07) is 8.20. The van der Waals surface area contributed by atoms with Crippen LogP contribution in [0.4, 0.5) is 4.39 Å². The number of benzene rings is 1. The number of carbonyl (C=O) groups excluding carboxylic acids is 2. The van der Waals surface area contributed by atoms with Crippen LogP contribution in [0.25, 0.3) is 0 Å². The molecule has 4 nitrogen and oxygen atoms in total. The summed E-state index contributed by atoms with van der Waals surface area (Å²) in [7, 11) is 1.23. The third-order valence-electron chi connectivity index (χ3n) is 2.28. The summed E-state index contributed by atoms with van der Waals surface area (Å²) in [5, 5.41) is 0. The third-order valence-corrected chi connectivity index (χ3v) is 2.28. The van der Waals surface area contributed by atoms with E-state index in [0.29, 0.717) is 5.56 Å². The first-order chi connectivity index (χ1) is 8.72. The van der Waals surface area contributed by atoms with Gasteiger partial charge in [0.1, 0.15) is 5.60 Å². The van der Waals surface area contributed by atoms with Crippen molar-refractivity contribution in [2.45, 2.75) is 32.7 Å². The van der Waals surface area contributed by atoms with E-state index in [4.69, 9.17) is 4.74 Å². The number of likely N-dealkylation sites (N-methyl/N-ethyl adjacent to an activating group) is 1. The molecular formula is C14H18FNO3. The van der Waals surface area contributed by atoms with E-state index in [1.54, 1.807) is 51.1 Å².